The number of carbonyl (C=O) groups is 2. The summed E-state index contributed by atoms with van der Waals surface area (Å²) in [5.41, 5.74) is 8.47. The third kappa shape index (κ3) is 6.71. The molecule has 5 rings (SSSR count). The Morgan fingerprint density at radius 3 is 2.50 bits per heavy atom. The molecule has 0 saturated carbocycles. The van der Waals surface area contributed by atoms with Crippen LogP contribution in [0.3, 0.4) is 0 Å². The van der Waals surface area contributed by atoms with Crippen molar-refractivity contribution in [1.82, 2.24) is 10.6 Å². The molecule has 42 heavy (non-hydrogen) atoms. The van der Waals surface area contributed by atoms with Gasteiger partial charge in [-0.2, -0.15) is 0 Å². The van der Waals surface area contributed by atoms with E-state index in [1.54, 1.807) is 7.11 Å². The van der Waals surface area contributed by atoms with Crippen molar-refractivity contribution in [3.05, 3.63) is 88.5 Å². The molecule has 0 radical (unpaired) electrons. The average Bonchev–Trinajstić information content (AvgIpc) is 3.31. The fourth-order valence-electron chi connectivity index (χ4n) is 6.30. The van der Waals surface area contributed by atoms with Gasteiger partial charge in [-0.05, 0) is 97.2 Å². The molecule has 8 heteroatoms. The molecule has 2 N–H and O–H groups in total. The van der Waals surface area contributed by atoms with Crippen molar-refractivity contribution in [3.8, 4) is 5.75 Å². The minimum absolute atomic E-state index is 0.144. The Bertz CT molecular complexity index is 1400. The van der Waals surface area contributed by atoms with E-state index in [1.807, 2.05) is 36.1 Å². The lowest BCUT2D eigenvalue weighted by Crippen LogP contribution is -2.43. The molecule has 8 nitrogen and oxygen atoms in total. The van der Waals surface area contributed by atoms with E-state index in [1.165, 1.54) is 35.1 Å². The van der Waals surface area contributed by atoms with Crippen LogP contribution in [0.2, 0.25) is 0 Å². The number of carbonyl (C=O) groups excluding carboxylic acids is 2. The molecule has 2 heterocycles. The molecule has 0 spiro atoms. The number of ether oxygens (including phenoxy) is 2. The third-order valence-corrected chi connectivity index (χ3v) is 8.48. The Balaban J connectivity index is 1.38. The molecule has 1 saturated heterocycles. The van der Waals surface area contributed by atoms with Gasteiger partial charge in [-0.25, -0.2) is 4.79 Å². The van der Waals surface area contributed by atoms with Gasteiger partial charge in [0.25, 0.3) is 0 Å². The Hall–Kier alpha value is -4.04. The Morgan fingerprint density at radius 2 is 1.81 bits per heavy atom. The summed E-state index contributed by atoms with van der Waals surface area (Å²) in [6.45, 7) is 7.25. The van der Waals surface area contributed by atoms with E-state index in [-0.39, 0.29) is 12.1 Å². The van der Waals surface area contributed by atoms with Gasteiger partial charge in [0.15, 0.2) is 0 Å². The van der Waals surface area contributed by atoms with Gasteiger partial charge in [0.05, 0.1) is 33.4 Å². The zero-order chi connectivity index (χ0) is 29.6. The van der Waals surface area contributed by atoms with Gasteiger partial charge in [0.2, 0.25) is 5.91 Å². The second kappa shape index (κ2) is 13.3. The zero-order valence-electron chi connectivity index (χ0n) is 25.1. The van der Waals surface area contributed by atoms with Crippen LogP contribution in [0, 0.1) is 6.92 Å². The minimum Gasteiger partial charge on any atom is -0.497 e. The number of aryl methyl sites for hydroxylation is 1. The standard InChI is InChI=1S/C34H42N4O4/c1-23-6-5-7-28(20-23)37-18-15-27(16-19-37)33-26(14-17-35-24(2)36-34(40)42-4)10-13-31-30(33)21-32(39)38(31)22-25-8-11-29(41-3)12-9-25/h5-13,20,24,27,35H,14-19,21-22H2,1-4H3,(H,36,40). The maximum absolute atomic E-state index is 13.4. The maximum atomic E-state index is 13.4. The topological polar surface area (TPSA) is 83.1 Å². The van der Waals surface area contributed by atoms with Crippen molar-refractivity contribution in [3.63, 3.8) is 0 Å². The van der Waals surface area contributed by atoms with Gasteiger partial charge in [-0.15, -0.1) is 0 Å². The number of piperidine rings is 1. The summed E-state index contributed by atoms with van der Waals surface area (Å²) in [6.07, 6.45) is 2.65. The van der Waals surface area contributed by atoms with Gasteiger partial charge < -0.3 is 24.6 Å². The number of hydrogen-bond donors (Lipinski definition) is 2. The van der Waals surface area contributed by atoms with Gasteiger partial charge in [-0.1, -0.05) is 30.3 Å². The van der Waals surface area contributed by atoms with Crippen LogP contribution in [0.4, 0.5) is 16.2 Å². The number of rotatable bonds is 10. The average molecular weight is 571 g/mol. The molecule has 0 bridgehead atoms. The third-order valence-electron chi connectivity index (χ3n) is 8.48. The molecule has 1 fully saturated rings. The predicted octanol–water partition coefficient (Wildman–Crippen LogP) is 5.31. The van der Waals surface area contributed by atoms with E-state index in [0.717, 1.165) is 49.4 Å². The van der Waals surface area contributed by atoms with Crippen molar-refractivity contribution in [2.75, 3.05) is 43.7 Å². The Morgan fingerprint density at radius 1 is 1.05 bits per heavy atom. The zero-order valence-corrected chi connectivity index (χ0v) is 25.1. The summed E-state index contributed by atoms with van der Waals surface area (Å²) in [5.74, 6) is 1.33. The second-order valence-electron chi connectivity index (χ2n) is 11.3. The summed E-state index contributed by atoms with van der Waals surface area (Å²) >= 11 is 0. The highest BCUT2D eigenvalue weighted by Gasteiger charge is 2.34. The lowest BCUT2D eigenvalue weighted by Gasteiger charge is -2.35. The Kier molecular flexibility index (Phi) is 9.32. The molecular formula is C34H42N4O4. The highest BCUT2D eigenvalue weighted by Crippen LogP contribution is 2.42. The number of anilines is 2. The molecule has 1 unspecified atom stereocenters. The highest BCUT2D eigenvalue weighted by atomic mass is 16.5. The minimum atomic E-state index is -0.455. The van der Waals surface area contributed by atoms with Crippen molar-refractivity contribution in [2.24, 2.45) is 0 Å². The fourth-order valence-corrected chi connectivity index (χ4v) is 6.30. The van der Waals surface area contributed by atoms with Crippen LogP contribution in [-0.2, 0) is 28.9 Å². The number of benzene rings is 3. The lowest BCUT2D eigenvalue weighted by molar-refractivity contribution is -0.117. The molecular weight excluding hydrogens is 528 g/mol. The van der Waals surface area contributed by atoms with Crippen LogP contribution in [0.1, 0.15) is 53.5 Å². The van der Waals surface area contributed by atoms with Crippen LogP contribution in [0.25, 0.3) is 0 Å². The first-order valence-electron chi connectivity index (χ1n) is 14.8. The first-order valence-corrected chi connectivity index (χ1v) is 14.8. The Labute approximate surface area is 249 Å². The maximum Gasteiger partial charge on any atom is 0.408 e. The van der Waals surface area contributed by atoms with Crippen LogP contribution < -0.4 is 25.2 Å². The van der Waals surface area contributed by atoms with Gasteiger partial charge in [-0.3, -0.25) is 10.1 Å². The highest BCUT2D eigenvalue weighted by molar-refractivity contribution is 6.02. The van der Waals surface area contributed by atoms with E-state index in [2.05, 4.69) is 58.9 Å². The van der Waals surface area contributed by atoms with Gasteiger partial charge in [0.1, 0.15) is 5.75 Å². The number of alkyl carbamates (subject to hydrolysis) is 1. The van der Waals surface area contributed by atoms with Crippen LogP contribution in [0.5, 0.6) is 5.75 Å². The summed E-state index contributed by atoms with van der Waals surface area (Å²) in [6, 6.07) is 21.0. The van der Waals surface area contributed by atoms with Crippen LogP contribution in [0.15, 0.2) is 60.7 Å². The molecule has 2 aliphatic heterocycles. The number of nitrogens with zero attached hydrogens (tertiary/aromatic N) is 2. The molecule has 3 aromatic rings. The number of methoxy groups -OCH3 is 2. The van der Waals surface area contributed by atoms with Crippen molar-refractivity contribution in [2.45, 2.75) is 58.2 Å². The number of amides is 2. The SMILES string of the molecule is COC(=O)NC(C)NCCc1ccc2c(c1C1CCN(c3cccc(C)c3)CC1)CC(=O)N2Cc1ccc(OC)cc1. The number of hydrogen-bond acceptors (Lipinski definition) is 6. The van der Waals surface area contributed by atoms with Gasteiger partial charge in [0, 0.05) is 31.0 Å². The van der Waals surface area contributed by atoms with Crippen LogP contribution >= 0.6 is 0 Å². The largest absolute Gasteiger partial charge is 0.497 e. The van der Waals surface area contributed by atoms with E-state index >= 15 is 0 Å². The summed E-state index contributed by atoms with van der Waals surface area (Å²) in [4.78, 5) is 29.5. The van der Waals surface area contributed by atoms with E-state index in [9.17, 15) is 9.59 Å². The smallest absolute Gasteiger partial charge is 0.408 e. The van der Waals surface area contributed by atoms with E-state index in [4.69, 9.17) is 9.47 Å². The monoisotopic (exact) mass is 570 g/mol. The number of nitrogens with one attached hydrogen (secondary N) is 2. The molecule has 0 aromatic heterocycles. The summed E-state index contributed by atoms with van der Waals surface area (Å²) in [5, 5.41) is 6.14. The van der Waals surface area contributed by atoms with E-state index in [0.29, 0.717) is 25.4 Å². The van der Waals surface area contributed by atoms with Crippen LogP contribution in [-0.4, -0.2) is 52.0 Å². The van der Waals surface area contributed by atoms with E-state index < -0.39 is 6.09 Å². The molecule has 2 amide bonds. The lowest BCUT2D eigenvalue weighted by atomic mass is 9.81. The summed E-state index contributed by atoms with van der Waals surface area (Å²) in [7, 11) is 3.02. The molecule has 0 aliphatic carbocycles. The fraction of sp³-hybridized carbons (Fsp3) is 0.412. The first kappa shape index (κ1) is 29.5. The van der Waals surface area contributed by atoms with Gasteiger partial charge >= 0.3 is 6.09 Å². The van der Waals surface area contributed by atoms with Crippen molar-refractivity contribution >= 4 is 23.4 Å². The van der Waals surface area contributed by atoms with Crippen molar-refractivity contribution < 1.29 is 19.1 Å². The quantitative estimate of drug-likeness (QED) is 0.322. The second-order valence-corrected chi connectivity index (χ2v) is 11.3. The molecule has 1 atom stereocenters. The molecule has 2 aliphatic rings. The first-order chi connectivity index (χ1) is 20.4. The molecule has 222 valence electrons. The predicted molar refractivity (Wildman–Crippen MR) is 166 cm³/mol. The normalized spacial score (nSPS) is 15.9. The summed E-state index contributed by atoms with van der Waals surface area (Å²) < 4.78 is 10.0. The molecule has 3 aromatic carbocycles. The van der Waals surface area contributed by atoms with Crippen molar-refractivity contribution in [1.29, 1.82) is 0 Å². The number of fused-ring (bicyclic) bond motifs is 1.